The molecule has 0 aliphatic rings. The Kier molecular flexibility index (Phi) is 3.78. The number of pyridine rings is 1. The lowest BCUT2D eigenvalue weighted by Crippen LogP contribution is -2.13. The molecule has 8 heteroatoms. The second-order valence-corrected chi connectivity index (χ2v) is 5.88. The van der Waals surface area contributed by atoms with Crippen molar-refractivity contribution >= 4 is 15.7 Å². The summed E-state index contributed by atoms with van der Waals surface area (Å²) in [4.78, 5) is 4.07. The monoisotopic (exact) mass is 295 g/mol. The largest absolute Gasteiger partial charge is 0.396 e. The van der Waals surface area contributed by atoms with Crippen LogP contribution in [-0.4, -0.2) is 23.2 Å². The average Bonchev–Trinajstić information content (AvgIpc) is 2.74. The van der Waals surface area contributed by atoms with Crippen molar-refractivity contribution < 1.29 is 8.42 Å². The van der Waals surface area contributed by atoms with E-state index in [4.69, 9.17) is 10.9 Å². The third-order valence-electron chi connectivity index (χ3n) is 3.03. The number of sulfonamides is 1. The molecule has 0 aromatic carbocycles. The van der Waals surface area contributed by atoms with Crippen LogP contribution in [0.2, 0.25) is 0 Å². The van der Waals surface area contributed by atoms with E-state index in [2.05, 4.69) is 10.1 Å². The van der Waals surface area contributed by atoms with Crippen LogP contribution in [0.15, 0.2) is 23.2 Å². The van der Waals surface area contributed by atoms with Gasteiger partial charge in [-0.15, -0.1) is 0 Å². The summed E-state index contributed by atoms with van der Waals surface area (Å²) in [7, 11) is -3.74. The number of rotatable bonds is 4. The summed E-state index contributed by atoms with van der Waals surface area (Å²) in [6, 6.07) is 2.96. The average molecular weight is 295 g/mol. The number of primary sulfonamides is 1. The van der Waals surface area contributed by atoms with Crippen LogP contribution in [0.25, 0.3) is 5.82 Å². The van der Waals surface area contributed by atoms with Gasteiger partial charge in [0.25, 0.3) is 0 Å². The van der Waals surface area contributed by atoms with Crippen molar-refractivity contribution in [2.45, 2.75) is 31.6 Å². The first-order valence-corrected chi connectivity index (χ1v) is 7.78. The molecule has 2 heterocycles. The summed E-state index contributed by atoms with van der Waals surface area (Å²) in [5.41, 5.74) is 8.36. The Hall–Kier alpha value is -1.93. The molecule has 2 aromatic rings. The van der Waals surface area contributed by atoms with Gasteiger partial charge in [-0.05, 0) is 25.0 Å². The topological polar surface area (TPSA) is 117 Å². The lowest BCUT2D eigenvalue weighted by Gasteiger charge is -2.06. The summed E-state index contributed by atoms with van der Waals surface area (Å²) < 4.78 is 24.0. The SMILES string of the molecule is CCc1nn(-c2ccc(S(N)(=O)=O)cn2)c(CC)c1N. The highest BCUT2D eigenvalue weighted by Gasteiger charge is 2.15. The van der Waals surface area contributed by atoms with Crippen molar-refractivity contribution in [3.05, 3.63) is 29.7 Å². The molecule has 0 unspecified atom stereocenters. The minimum atomic E-state index is -3.74. The summed E-state index contributed by atoms with van der Waals surface area (Å²) in [6.45, 7) is 3.95. The third kappa shape index (κ3) is 2.52. The van der Waals surface area contributed by atoms with E-state index in [1.165, 1.54) is 12.3 Å². The van der Waals surface area contributed by atoms with Crippen LogP contribution in [0.3, 0.4) is 0 Å². The van der Waals surface area contributed by atoms with Crippen LogP contribution in [-0.2, 0) is 22.9 Å². The normalized spacial score (nSPS) is 11.8. The number of nitrogens with two attached hydrogens (primary N) is 2. The van der Waals surface area contributed by atoms with Gasteiger partial charge in [-0.25, -0.2) is 23.2 Å². The summed E-state index contributed by atoms with van der Waals surface area (Å²) in [5, 5.41) is 9.45. The van der Waals surface area contributed by atoms with Crippen molar-refractivity contribution in [2.75, 3.05) is 5.73 Å². The van der Waals surface area contributed by atoms with Gasteiger partial charge in [0.2, 0.25) is 10.0 Å². The van der Waals surface area contributed by atoms with Gasteiger partial charge in [0.05, 0.1) is 17.1 Å². The predicted octanol–water partition coefficient (Wildman–Crippen LogP) is 0.622. The highest BCUT2D eigenvalue weighted by molar-refractivity contribution is 7.89. The van der Waals surface area contributed by atoms with Crippen molar-refractivity contribution in [3.63, 3.8) is 0 Å². The maximum atomic E-state index is 11.2. The quantitative estimate of drug-likeness (QED) is 0.857. The maximum absolute atomic E-state index is 11.2. The third-order valence-corrected chi connectivity index (χ3v) is 3.93. The summed E-state index contributed by atoms with van der Waals surface area (Å²) in [5.74, 6) is 0.514. The van der Waals surface area contributed by atoms with Gasteiger partial charge >= 0.3 is 0 Å². The highest BCUT2D eigenvalue weighted by atomic mass is 32.2. The molecule has 0 atom stereocenters. The molecule has 4 N–H and O–H groups in total. The second-order valence-electron chi connectivity index (χ2n) is 4.32. The Morgan fingerprint density at radius 2 is 1.95 bits per heavy atom. The summed E-state index contributed by atoms with van der Waals surface area (Å²) >= 11 is 0. The van der Waals surface area contributed by atoms with Crippen LogP contribution in [0.5, 0.6) is 0 Å². The Balaban J connectivity index is 2.52. The molecule has 0 spiro atoms. The second kappa shape index (κ2) is 5.22. The molecule has 2 aromatic heterocycles. The molecule has 0 bridgehead atoms. The number of hydrogen-bond donors (Lipinski definition) is 2. The molecule has 0 aliphatic heterocycles. The zero-order valence-electron chi connectivity index (χ0n) is 11.4. The van der Waals surface area contributed by atoms with Gasteiger partial charge in [0.1, 0.15) is 4.90 Å². The van der Waals surface area contributed by atoms with Crippen LogP contribution < -0.4 is 10.9 Å². The predicted molar refractivity (Wildman–Crippen MR) is 75.9 cm³/mol. The van der Waals surface area contributed by atoms with Crippen molar-refractivity contribution in [1.29, 1.82) is 0 Å². The molecule has 7 nitrogen and oxygen atoms in total. The van der Waals surface area contributed by atoms with Crippen LogP contribution >= 0.6 is 0 Å². The summed E-state index contributed by atoms with van der Waals surface area (Å²) in [6.07, 6.45) is 2.64. The van der Waals surface area contributed by atoms with Crippen LogP contribution in [0.1, 0.15) is 25.2 Å². The van der Waals surface area contributed by atoms with Gasteiger partial charge < -0.3 is 5.73 Å². The highest BCUT2D eigenvalue weighted by Crippen LogP contribution is 2.21. The Morgan fingerprint density at radius 1 is 1.25 bits per heavy atom. The minimum Gasteiger partial charge on any atom is -0.396 e. The van der Waals surface area contributed by atoms with E-state index in [0.717, 1.165) is 17.8 Å². The first-order valence-electron chi connectivity index (χ1n) is 6.24. The molecule has 2 rings (SSSR count). The fourth-order valence-corrected chi connectivity index (χ4v) is 2.43. The molecule has 0 saturated heterocycles. The molecule has 0 aliphatic carbocycles. The molecule has 20 heavy (non-hydrogen) atoms. The van der Waals surface area contributed by atoms with Crippen molar-refractivity contribution in [2.24, 2.45) is 5.14 Å². The Bertz CT molecular complexity index is 719. The van der Waals surface area contributed by atoms with E-state index in [9.17, 15) is 8.42 Å². The minimum absolute atomic E-state index is 0.0323. The van der Waals surface area contributed by atoms with Gasteiger partial charge in [-0.2, -0.15) is 5.10 Å². The van der Waals surface area contributed by atoms with Gasteiger partial charge in [0.15, 0.2) is 5.82 Å². The zero-order valence-corrected chi connectivity index (χ0v) is 12.2. The fraction of sp³-hybridized carbons (Fsp3) is 0.333. The molecule has 0 amide bonds. The van der Waals surface area contributed by atoms with E-state index in [1.807, 2.05) is 13.8 Å². The van der Waals surface area contributed by atoms with E-state index < -0.39 is 10.0 Å². The smallest absolute Gasteiger partial charge is 0.239 e. The van der Waals surface area contributed by atoms with E-state index in [1.54, 1.807) is 10.7 Å². The van der Waals surface area contributed by atoms with Crippen molar-refractivity contribution in [3.8, 4) is 5.82 Å². The number of hydrogen-bond acceptors (Lipinski definition) is 5. The van der Waals surface area contributed by atoms with Crippen molar-refractivity contribution in [1.82, 2.24) is 14.8 Å². The molecular formula is C12H17N5O2S. The fourth-order valence-electron chi connectivity index (χ4n) is 1.97. The van der Waals surface area contributed by atoms with Crippen LogP contribution in [0, 0.1) is 0 Å². The zero-order chi connectivity index (χ0) is 14.9. The molecule has 108 valence electrons. The lowest BCUT2D eigenvalue weighted by atomic mass is 10.2. The number of aromatic nitrogens is 3. The lowest BCUT2D eigenvalue weighted by molar-refractivity contribution is 0.597. The first kappa shape index (κ1) is 14.5. The number of nitrogen functional groups attached to an aromatic ring is 1. The number of anilines is 1. The molecular weight excluding hydrogens is 278 g/mol. The van der Waals surface area contributed by atoms with E-state index >= 15 is 0 Å². The van der Waals surface area contributed by atoms with E-state index in [-0.39, 0.29) is 4.90 Å². The Morgan fingerprint density at radius 3 is 2.40 bits per heavy atom. The molecule has 0 saturated carbocycles. The number of nitrogens with zero attached hydrogens (tertiary/aromatic N) is 3. The van der Waals surface area contributed by atoms with Gasteiger partial charge in [0, 0.05) is 6.20 Å². The first-order chi connectivity index (χ1) is 9.38. The van der Waals surface area contributed by atoms with Gasteiger partial charge in [-0.3, -0.25) is 0 Å². The van der Waals surface area contributed by atoms with Crippen LogP contribution in [0.4, 0.5) is 5.69 Å². The number of aryl methyl sites for hydroxylation is 1. The Labute approximate surface area is 117 Å². The standard InChI is InChI=1S/C12H17N5O2S/c1-3-9-12(13)10(4-2)17(16-9)11-6-5-8(7-15-11)20(14,18)19/h5-7H,3-4,13H2,1-2H3,(H2,14,18,19). The van der Waals surface area contributed by atoms with E-state index in [0.29, 0.717) is 17.9 Å². The molecule has 0 radical (unpaired) electrons. The van der Waals surface area contributed by atoms with Gasteiger partial charge in [-0.1, -0.05) is 13.8 Å². The molecule has 0 fully saturated rings. The maximum Gasteiger partial charge on any atom is 0.239 e.